The predicted octanol–water partition coefficient (Wildman–Crippen LogP) is 5.64. The van der Waals surface area contributed by atoms with E-state index in [1.165, 1.54) is 51.4 Å². The van der Waals surface area contributed by atoms with Gasteiger partial charge in [0, 0.05) is 18.3 Å². The van der Waals surface area contributed by atoms with Gasteiger partial charge in [-0.2, -0.15) is 0 Å². The van der Waals surface area contributed by atoms with Gasteiger partial charge in [0.15, 0.2) is 5.78 Å². The van der Waals surface area contributed by atoms with E-state index in [4.69, 9.17) is 0 Å². The van der Waals surface area contributed by atoms with Crippen LogP contribution in [0.2, 0.25) is 0 Å². The Bertz CT molecular complexity index is 687. The average molecular weight is 415 g/mol. The summed E-state index contributed by atoms with van der Waals surface area (Å²) in [4.78, 5) is 17.4. The summed E-state index contributed by atoms with van der Waals surface area (Å²) in [7, 11) is 0. The summed E-state index contributed by atoms with van der Waals surface area (Å²) in [6.07, 6.45) is 19.7. The molecule has 3 aliphatic rings. The summed E-state index contributed by atoms with van der Waals surface area (Å²) in [6.45, 7) is 5.14. The zero-order chi connectivity index (χ0) is 21.1. The van der Waals surface area contributed by atoms with Gasteiger partial charge in [0.05, 0.1) is 19.0 Å². The number of Topliss-reactive ketones (excluding diaryl/α,β-unsaturated/α-hetero) is 1. The number of fused-ring (bicyclic) bond motifs is 3. The van der Waals surface area contributed by atoms with Crippen molar-refractivity contribution >= 4 is 5.78 Å². The van der Waals surface area contributed by atoms with Crippen LogP contribution in [-0.2, 0) is 11.3 Å². The Hall–Kier alpha value is -1.16. The van der Waals surface area contributed by atoms with Crippen LogP contribution in [-0.4, -0.2) is 26.5 Å². The van der Waals surface area contributed by atoms with Crippen molar-refractivity contribution in [1.82, 2.24) is 9.55 Å². The van der Waals surface area contributed by atoms with E-state index in [0.717, 1.165) is 37.5 Å². The molecule has 0 amide bonds. The fourth-order valence-corrected chi connectivity index (χ4v) is 7.62. The van der Waals surface area contributed by atoms with E-state index in [1.807, 2.05) is 10.8 Å². The van der Waals surface area contributed by atoms with E-state index in [0.29, 0.717) is 24.2 Å². The highest BCUT2D eigenvalue weighted by Crippen LogP contribution is 2.60. The fourth-order valence-electron chi connectivity index (χ4n) is 7.62. The minimum absolute atomic E-state index is 0.0970. The third-order valence-electron chi connectivity index (χ3n) is 9.15. The van der Waals surface area contributed by atoms with Crippen molar-refractivity contribution in [3.63, 3.8) is 0 Å². The molecule has 0 bridgehead atoms. The largest absolute Gasteiger partial charge is 0.393 e. The second kappa shape index (κ2) is 9.54. The van der Waals surface area contributed by atoms with E-state index in [1.54, 1.807) is 12.5 Å². The van der Waals surface area contributed by atoms with Crippen molar-refractivity contribution in [2.45, 2.75) is 104 Å². The summed E-state index contributed by atoms with van der Waals surface area (Å²) in [5, 5.41) is 10.4. The Morgan fingerprint density at radius 3 is 2.90 bits per heavy atom. The molecule has 3 saturated carbocycles. The van der Waals surface area contributed by atoms with Crippen molar-refractivity contribution in [3.8, 4) is 0 Å². The predicted molar refractivity (Wildman–Crippen MR) is 120 cm³/mol. The minimum Gasteiger partial charge on any atom is -0.393 e. The second-order valence-electron chi connectivity index (χ2n) is 11.0. The number of aliphatic hydroxyl groups excluding tert-OH is 1. The van der Waals surface area contributed by atoms with E-state index < -0.39 is 0 Å². The summed E-state index contributed by atoms with van der Waals surface area (Å²) in [5.74, 6) is 3.69. The van der Waals surface area contributed by atoms with E-state index in [2.05, 4.69) is 18.8 Å². The van der Waals surface area contributed by atoms with Crippen LogP contribution in [0.1, 0.15) is 90.9 Å². The van der Waals surface area contributed by atoms with Gasteiger partial charge in [-0.15, -0.1) is 0 Å². The molecular weight excluding hydrogens is 372 g/mol. The maximum absolute atomic E-state index is 13.3. The van der Waals surface area contributed by atoms with Gasteiger partial charge < -0.3 is 9.67 Å². The van der Waals surface area contributed by atoms with Crippen molar-refractivity contribution < 1.29 is 9.90 Å². The van der Waals surface area contributed by atoms with Crippen LogP contribution in [0.25, 0.3) is 0 Å². The first kappa shape index (κ1) is 22.0. The molecule has 30 heavy (non-hydrogen) atoms. The van der Waals surface area contributed by atoms with Crippen molar-refractivity contribution in [2.24, 2.45) is 35.0 Å². The van der Waals surface area contributed by atoms with Crippen LogP contribution in [0.15, 0.2) is 18.7 Å². The highest BCUT2D eigenvalue weighted by atomic mass is 16.3. The molecule has 4 heteroatoms. The van der Waals surface area contributed by atoms with Crippen LogP contribution < -0.4 is 0 Å². The lowest BCUT2D eigenvalue weighted by atomic mass is 9.47. The van der Waals surface area contributed by atoms with Gasteiger partial charge in [0.2, 0.25) is 0 Å². The number of ketones is 1. The molecule has 1 unspecified atom stereocenters. The fraction of sp³-hybridized carbons (Fsp3) is 0.846. The molecule has 0 saturated heterocycles. The third-order valence-corrected chi connectivity index (χ3v) is 9.15. The first-order valence-corrected chi connectivity index (χ1v) is 12.7. The zero-order valence-electron chi connectivity index (χ0n) is 19.1. The summed E-state index contributed by atoms with van der Waals surface area (Å²) in [6, 6.07) is 0. The number of unbranched alkanes of at least 4 members (excludes halogenated alkanes) is 1. The molecular formula is C26H42N2O2. The molecule has 7 atom stereocenters. The number of aliphatic hydroxyl groups is 1. The molecule has 4 rings (SSSR count). The third kappa shape index (κ3) is 4.54. The zero-order valence-corrected chi connectivity index (χ0v) is 19.1. The Morgan fingerprint density at radius 1 is 1.27 bits per heavy atom. The average Bonchev–Trinajstić information content (AvgIpc) is 3.24. The Balaban J connectivity index is 1.39. The maximum Gasteiger partial charge on any atom is 0.156 e. The highest BCUT2D eigenvalue weighted by molar-refractivity contribution is 5.81. The van der Waals surface area contributed by atoms with Crippen LogP contribution in [0.3, 0.4) is 0 Å². The Morgan fingerprint density at radius 2 is 2.13 bits per heavy atom. The SMILES string of the molecule is CCCC[C@@H](O)CC1CC[C@@H]2[C@H](CC[C@]3(C)[C@@H](C(=O)Cn4ccnc4)CCC[C@@H]23)C1. The molecule has 0 aliphatic heterocycles. The summed E-state index contributed by atoms with van der Waals surface area (Å²) < 4.78 is 1.94. The highest BCUT2D eigenvalue weighted by Gasteiger charge is 2.54. The van der Waals surface area contributed by atoms with Gasteiger partial charge in [-0.1, -0.05) is 39.5 Å². The van der Waals surface area contributed by atoms with Crippen LogP contribution in [0.5, 0.6) is 0 Å². The van der Waals surface area contributed by atoms with Gasteiger partial charge in [-0.05, 0) is 80.5 Å². The van der Waals surface area contributed by atoms with E-state index in [9.17, 15) is 9.90 Å². The van der Waals surface area contributed by atoms with E-state index in [-0.39, 0.29) is 17.4 Å². The molecule has 168 valence electrons. The second-order valence-corrected chi connectivity index (χ2v) is 11.0. The number of carbonyl (C=O) groups excluding carboxylic acids is 1. The number of carbonyl (C=O) groups is 1. The quantitative estimate of drug-likeness (QED) is 0.599. The minimum atomic E-state index is -0.0970. The summed E-state index contributed by atoms with van der Waals surface area (Å²) in [5.41, 5.74) is 0.185. The number of hydrogen-bond donors (Lipinski definition) is 1. The lowest BCUT2D eigenvalue weighted by Gasteiger charge is -2.57. The molecule has 4 nitrogen and oxygen atoms in total. The normalized spacial score (nSPS) is 37.2. The van der Waals surface area contributed by atoms with Gasteiger partial charge >= 0.3 is 0 Å². The molecule has 1 aromatic rings. The van der Waals surface area contributed by atoms with Crippen molar-refractivity contribution in [1.29, 1.82) is 0 Å². The molecule has 3 fully saturated rings. The number of nitrogens with zero attached hydrogens (tertiary/aromatic N) is 2. The topological polar surface area (TPSA) is 55.1 Å². The molecule has 0 aromatic carbocycles. The Labute approximate surface area is 182 Å². The molecule has 1 aromatic heterocycles. The number of hydrogen-bond acceptors (Lipinski definition) is 3. The number of imidazole rings is 1. The molecule has 3 aliphatic carbocycles. The number of aromatic nitrogens is 2. The lowest BCUT2D eigenvalue weighted by molar-refractivity contribution is -0.140. The van der Waals surface area contributed by atoms with Crippen LogP contribution in [0, 0.1) is 35.0 Å². The van der Waals surface area contributed by atoms with Crippen LogP contribution >= 0.6 is 0 Å². The van der Waals surface area contributed by atoms with Gasteiger partial charge in [0.25, 0.3) is 0 Å². The lowest BCUT2D eigenvalue weighted by Crippen LogP contribution is -2.52. The first-order valence-electron chi connectivity index (χ1n) is 12.7. The monoisotopic (exact) mass is 414 g/mol. The standard InChI is InChI=1S/C26H42N2O2/c1-3-4-6-21(29)16-19-9-10-22-20(15-19)11-12-26(2)23(22)7-5-8-24(26)25(30)17-28-14-13-27-18-28/h13-14,18-24,29H,3-12,15-17H2,1-2H3/t19?,20-,21-,22-,23+,24-,26+/m1/s1. The molecule has 0 spiro atoms. The first-order chi connectivity index (χ1) is 14.5. The maximum atomic E-state index is 13.3. The molecule has 0 radical (unpaired) electrons. The van der Waals surface area contributed by atoms with Crippen LogP contribution in [0.4, 0.5) is 0 Å². The van der Waals surface area contributed by atoms with Gasteiger partial charge in [-0.3, -0.25) is 4.79 Å². The van der Waals surface area contributed by atoms with Gasteiger partial charge in [0.1, 0.15) is 0 Å². The number of rotatable bonds is 8. The summed E-state index contributed by atoms with van der Waals surface area (Å²) >= 11 is 0. The van der Waals surface area contributed by atoms with Crippen molar-refractivity contribution in [2.75, 3.05) is 0 Å². The van der Waals surface area contributed by atoms with Crippen molar-refractivity contribution in [3.05, 3.63) is 18.7 Å². The molecule has 1 heterocycles. The van der Waals surface area contributed by atoms with Gasteiger partial charge in [-0.25, -0.2) is 4.98 Å². The molecule has 1 N–H and O–H groups in total. The Kier molecular flexibility index (Phi) is 7.01. The van der Waals surface area contributed by atoms with E-state index >= 15 is 0 Å². The smallest absolute Gasteiger partial charge is 0.156 e.